The van der Waals surface area contributed by atoms with Crippen molar-refractivity contribution in [3.63, 3.8) is 0 Å². The van der Waals surface area contributed by atoms with Gasteiger partial charge in [-0.05, 0) is 43.5 Å². The Bertz CT molecular complexity index is 1010. The average Bonchev–Trinajstić information content (AvgIpc) is 3.19. The van der Waals surface area contributed by atoms with E-state index in [0.29, 0.717) is 15.8 Å². The van der Waals surface area contributed by atoms with Gasteiger partial charge in [-0.3, -0.25) is 0 Å². The molecule has 27 heavy (non-hydrogen) atoms. The van der Waals surface area contributed by atoms with E-state index >= 15 is 0 Å². The quantitative estimate of drug-likeness (QED) is 0.492. The maximum Gasteiger partial charge on any atom is 1.00 e. The van der Waals surface area contributed by atoms with Crippen LogP contribution in [0.5, 0.6) is 5.88 Å². The molecule has 0 fully saturated rings. The number of benzene rings is 2. The first-order valence-corrected chi connectivity index (χ1v) is 9.28. The Kier molecular flexibility index (Phi) is 6.08. The fourth-order valence-corrected chi connectivity index (χ4v) is 3.89. The third-order valence-corrected chi connectivity index (χ3v) is 5.36. The maximum absolute atomic E-state index is 12.2. The van der Waals surface area contributed by atoms with Gasteiger partial charge in [0.1, 0.15) is 0 Å². The molecule has 0 aliphatic heterocycles. The van der Waals surface area contributed by atoms with Crippen molar-refractivity contribution in [2.75, 3.05) is 0 Å². The molecule has 2 aromatic carbocycles. The largest absolute Gasteiger partial charge is 1.00 e. The zero-order valence-electron chi connectivity index (χ0n) is 15.2. The molecule has 0 saturated heterocycles. The molecule has 4 nitrogen and oxygen atoms in total. The number of rotatable bonds is 3. The predicted octanol–water partition coefficient (Wildman–Crippen LogP) is 2.01. The van der Waals surface area contributed by atoms with Crippen LogP contribution in [0.1, 0.15) is 11.3 Å². The summed E-state index contributed by atoms with van der Waals surface area (Å²) >= 11 is 7.48. The molecule has 0 unspecified atom stereocenters. The van der Waals surface area contributed by atoms with Crippen LogP contribution in [-0.2, 0) is 0 Å². The zero-order valence-corrected chi connectivity index (χ0v) is 18.8. The SMILES string of the molecule is Cc1ccc(-c2sc(-n3nc(C)cc3[O-])nc2-c2ccc(Cl)cc2)cc1.[Na+]. The van der Waals surface area contributed by atoms with E-state index in [1.165, 1.54) is 27.6 Å². The second-order valence-corrected chi connectivity index (χ2v) is 7.50. The fraction of sp³-hybridized carbons (Fsp3) is 0.100. The molecule has 4 aromatic rings. The molecule has 0 bridgehead atoms. The molecule has 0 amide bonds. The number of halogens is 1. The van der Waals surface area contributed by atoms with Gasteiger partial charge in [0, 0.05) is 10.6 Å². The van der Waals surface area contributed by atoms with Crippen LogP contribution >= 0.6 is 22.9 Å². The van der Waals surface area contributed by atoms with E-state index < -0.39 is 0 Å². The van der Waals surface area contributed by atoms with Gasteiger partial charge < -0.3 is 5.11 Å². The summed E-state index contributed by atoms with van der Waals surface area (Å²) < 4.78 is 1.36. The Hall–Kier alpha value is -1.63. The van der Waals surface area contributed by atoms with Gasteiger partial charge in [0.05, 0.1) is 16.3 Å². The Morgan fingerprint density at radius 1 is 0.963 bits per heavy atom. The van der Waals surface area contributed by atoms with Crippen LogP contribution in [0.15, 0.2) is 54.6 Å². The molecule has 7 heteroatoms. The Balaban J connectivity index is 0.00000210. The number of aryl methyl sites for hydroxylation is 2. The molecule has 0 atom stereocenters. The van der Waals surface area contributed by atoms with Crippen LogP contribution in [0.25, 0.3) is 26.8 Å². The molecule has 0 radical (unpaired) electrons. The van der Waals surface area contributed by atoms with E-state index in [0.717, 1.165) is 21.7 Å². The molecular weight excluding hydrogens is 389 g/mol. The standard InChI is InChI=1S/C20H16ClN3OS.Na/c1-12-3-5-15(6-4-12)19-18(14-7-9-16(21)10-8-14)22-20(26-19)24-17(25)11-13(2)23-24;/h3-11,25H,1-2H3;/q;+1/p-1. The van der Waals surface area contributed by atoms with Crippen LogP contribution < -0.4 is 34.7 Å². The second-order valence-electron chi connectivity index (χ2n) is 6.08. The van der Waals surface area contributed by atoms with Crippen molar-refractivity contribution in [1.82, 2.24) is 14.8 Å². The van der Waals surface area contributed by atoms with Crippen molar-refractivity contribution >= 4 is 22.9 Å². The second kappa shape index (κ2) is 8.17. The van der Waals surface area contributed by atoms with E-state index in [2.05, 4.69) is 36.3 Å². The van der Waals surface area contributed by atoms with Gasteiger partial charge in [0.2, 0.25) is 5.13 Å². The summed E-state index contributed by atoms with van der Waals surface area (Å²) in [4.78, 5) is 5.72. The Morgan fingerprint density at radius 2 is 1.59 bits per heavy atom. The van der Waals surface area contributed by atoms with E-state index in [9.17, 15) is 5.11 Å². The molecule has 0 saturated carbocycles. The maximum atomic E-state index is 12.2. The van der Waals surface area contributed by atoms with Crippen molar-refractivity contribution < 1.29 is 34.7 Å². The number of hydrogen-bond acceptors (Lipinski definition) is 4. The number of thiazole rings is 1. The van der Waals surface area contributed by atoms with Gasteiger partial charge in [0.25, 0.3) is 0 Å². The van der Waals surface area contributed by atoms with E-state index in [4.69, 9.17) is 16.6 Å². The van der Waals surface area contributed by atoms with Crippen molar-refractivity contribution in [1.29, 1.82) is 0 Å². The normalized spacial score (nSPS) is 10.6. The molecular formula is C20H15ClN3NaOS. The molecule has 0 N–H and O–H groups in total. The summed E-state index contributed by atoms with van der Waals surface area (Å²) in [6, 6.07) is 17.3. The summed E-state index contributed by atoms with van der Waals surface area (Å²) in [5.41, 5.74) is 4.69. The molecule has 0 aliphatic rings. The molecule has 2 aromatic heterocycles. The van der Waals surface area contributed by atoms with Crippen molar-refractivity contribution in [2.45, 2.75) is 13.8 Å². The summed E-state index contributed by atoms with van der Waals surface area (Å²) in [7, 11) is 0. The summed E-state index contributed by atoms with van der Waals surface area (Å²) in [6.45, 7) is 3.85. The third-order valence-electron chi connectivity index (χ3n) is 4.03. The van der Waals surface area contributed by atoms with E-state index in [1.54, 1.807) is 6.92 Å². The number of nitrogens with zero attached hydrogens (tertiary/aromatic N) is 3. The predicted molar refractivity (Wildman–Crippen MR) is 104 cm³/mol. The molecule has 4 rings (SSSR count). The number of hydrogen-bond donors (Lipinski definition) is 0. The molecule has 0 spiro atoms. The monoisotopic (exact) mass is 403 g/mol. The third kappa shape index (κ3) is 4.13. The zero-order chi connectivity index (χ0) is 18.3. The first-order valence-electron chi connectivity index (χ1n) is 8.09. The van der Waals surface area contributed by atoms with E-state index in [-0.39, 0.29) is 35.4 Å². The van der Waals surface area contributed by atoms with Gasteiger partial charge in [-0.25, -0.2) is 9.67 Å². The van der Waals surface area contributed by atoms with E-state index in [1.807, 2.05) is 24.3 Å². The number of aromatic nitrogens is 3. The van der Waals surface area contributed by atoms with Crippen LogP contribution in [0.2, 0.25) is 5.02 Å². The summed E-state index contributed by atoms with van der Waals surface area (Å²) in [5.74, 6) is -0.172. The molecule has 2 heterocycles. The first-order chi connectivity index (χ1) is 12.5. The smallest absolute Gasteiger partial charge is 0.858 e. The minimum absolute atomic E-state index is 0. The van der Waals surface area contributed by atoms with Crippen molar-refractivity contribution in [3.05, 3.63) is 70.9 Å². The first kappa shape index (κ1) is 20.1. The average molecular weight is 404 g/mol. The fourth-order valence-electron chi connectivity index (χ4n) is 2.72. The van der Waals surface area contributed by atoms with Crippen molar-refractivity contribution in [2.24, 2.45) is 0 Å². The van der Waals surface area contributed by atoms with Crippen LogP contribution in [-0.4, -0.2) is 14.8 Å². The van der Waals surface area contributed by atoms with Gasteiger partial charge in [0.15, 0.2) is 0 Å². The minimum Gasteiger partial charge on any atom is -0.858 e. The summed E-state index contributed by atoms with van der Waals surface area (Å²) in [6.07, 6.45) is 0. The topological polar surface area (TPSA) is 53.8 Å². The minimum atomic E-state index is -0.172. The van der Waals surface area contributed by atoms with Gasteiger partial charge in [-0.2, -0.15) is 5.10 Å². The summed E-state index contributed by atoms with van der Waals surface area (Å²) in [5, 5.41) is 17.7. The van der Waals surface area contributed by atoms with Crippen molar-refractivity contribution in [3.8, 4) is 32.7 Å². The van der Waals surface area contributed by atoms with Gasteiger partial charge >= 0.3 is 29.6 Å². The van der Waals surface area contributed by atoms with Crippen LogP contribution in [0, 0.1) is 13.8 Å². The molecule has 130 valence electrons. The van der Waals surface area contributed by atoms with Crippen LogP contribution in [0.4, 0.5) is 0 Å². The van der Waals surface area contributed by atoms with Gasteiger partial charge in [-0.1, -0.05) is 64.9 Å². The Labute approximate surface area is 188 Å². The van der Waals surface area contributed by atoms with Gasteiger partial charge in [-0.15, -0.1) is 0 Å². The Morgan fingerprint density at radius 3 is 2.19 bits per heavy atom. The molecule has 0 aliphatic carbocycles. The van der Waals surface area contributed by atoms with Crippen LogP contribution in [0.3, 0.4) is 0 Å².